The quantitative estimate of drug-likeness (QED) is 0.847. The van der Waals surface area contributed by atoms with Crippen molar-refractivity contribution < 1.29 is 28.1 Å². The normalized spacial score (nSPS) is 16.4. The van der Waals surface area contributed by atoms with Crippen LogP contribution in [0.1, 0.15) is 43.7 Å². The summed E-state index contributed by atoms with van der Waals surface area (Å²) < 4.78 is 43.2. The van der Waals surface area contributed by atoms with Gasteiger partial charge in [-0.3, -0.25) is 0 Å². The molecule has 3 nitrogen and oxygen atoms in total. The Morgan fingerprint density at radius 2 is 1.86 bits per heavy atom. The smallest absolute Gasteiger partial charge is 0.416 e. The Bertz CT molecular complexity index is 458. The van der Waals surface area contributed by atoms with Gasteiger partial charge in [-0.1, -0.05) is 13.0 Å². The standard InChI is InChI=1S/C15H21F3O3/c1-4-10(7-13(20)9(2)19)12-6-5-11(15(16,17)18)8-14(12)21-3/h5-6,8-10,13,19-20H,4,7H2,1-3H3. The number of benzene rings is 1. The molecule has 2 N–H and O–H groups in total. The van der Waals surface area contributed by atoms with Gasteiger partial charge in [-0.05, 0) is 43.4 Å². The highest BCUT2D eigenvalue weighted by Gasteiger charge is 2.32. The summed E-state index contributed by atoms with van der Waals surface area (Å²) in [4.78, 5) is 0. The van der Waals surface area contributed by atoms with Crippen LogP contribution in [0.5, 0.6) is 5.75 Å². The molecule has 1 rings (SSSR count). The Labute approximate surface area is 122 Å². The number of aliphatic hydroxyl groups is 2. The largest absolute Gasteiger partial charge is 0.496 e. The summed E-state index contributed by atoms with van der Waals surface area (Å²) in [6.45, 7) is 3.35. The van der Waals surface area contributed by atoms with Crippen molar-refractivity contribution in [3.05, 3.63) is 29.3 Å². The topological polar surface area (TPSA) is 49.7 Å². The zero-order valence-electron chi connectivity index (χ0n) is 12.3. The van der Waals surface area contributed by atoms with Crippen LogP contribution in [0.25, 0.3) is 0 Å². The van der Waals surface area contributed by atoms with E-state index in [1.54, 1.807) is 0 Å². The highest BCUT2D eigenvalue weighted by Crippen LogP contribution is 2.37. The van der Waals surface area contributed by atoms with Crippen LogP contribution in [-0.2, 0) is 6.18 Å². The average molecular weight is 306 g/mol. The van der Waals surface area contributed by atoms with Crippen molar-refractivity contribution in [1.82, 2.24) is 0 Å². The molecule has 0 fully saturated rings. The minimum atomic E-state index is -4.42. The molecule has 120 valence electrons. The summed E-state index contributed by atoms with van der Waals surface area (Å²) in [5.74, 6) is -0.0405. The molecule has 21 heavy (non-hydrogen) atoms. The predicted octanol–water partition coefficient (Wildman–Crippen LogP) is 3.34. The van der Waals surface area contributed by atoms with Gasteiger partial charge in [-0.15, -0.1) is 0 Å². The van der Waals surface area contributed by atoms with E-state index in [0.29, 0.717) is 12.0 Å². The van der Waals surface area contributed by atoms with E-state index >= 15 is 0 Å². The molecule has 6 heteroatoms. The average Bonchev–Trinajstić information content (AvgIpc) is 2.42. The van der Waals surface area contributed by atoms with Gasteiger partial charge in [0.1, 0.15) is 5.75 Å². The number of hydrogen-bond donors (Lipinski definition) is 2. The van der Waals surface area contributed by atoms with Gasteiger partial charge in [-0.25, -0.2) is 0 Å². The first-order chi connectivity index (χ1) is 9.70. The minimum absolute atomic E-state index is 0.148. The summed E-state index contributed by atoms with van der Waals surface area (Å²) in [5, 5.41) is 19.1. The van der Waals surface area contributed by atoms with Crippen LogP contribution >= 0.6 is 0 Å². The molecule has 3 atom stereocenters. The lowest BCUT2D eigenvalue weighted by atomic mass is 9.88. The van der Waals surface area contributed by atoms with Gasteiger partial charge in [0, 0.05) is 0 Å². The van der Waals surface area contributed by atoms with Gasteiger partial charge in [0.2, 0.25) is 0 Å². The third kappa shape index (κ3) is 4.61. The number of halogens is 3. The second-order valence-corrected chi connectivity index (χ2v) is 5.10. The lowest BCUT2D eigenvalue weighted by molar-refractivity contribution is -0.137. The van der Waals surface area contributed by atoms with Crippen LogP contribution in [0.2, 0.25) is 0 Å². The highest BCUT2D eigenvalue weighted by atomic mass is 19.4. The maximum Gasteiger partial charge on any atom is 0.416 e. The first kappa shape index (κ1) is 17.8. The van der Waals surface area contributed by atoms with E-state index in [4.69, 9.17) is 4.74 Å². The Balaban J connectivity index is 3.10. The Hall–Kier alpha value is -1.27. The van der Waals surface area contributed by atoms with Crippen molar-refractivity contribution in [2.24, 2.45) is 0 Å². The Kier molecular flexibility index (Phi) is 6.04. The van der Waals surface area contributed by atoms with Crippen molar-refractivity contribution >= 4 is 0 Å². The van der Waals surface area contributed by atoms with Gasteiger partial charge in [0.05, 0.1) is 24.9 Å². The van der Waals surface area contributed by atoms with Crippen molar-refractivity contribution in [3.63, 3.8) is 0 Å². The maximum atomic E-state index is 12.7. The van der Waals surface area contributed by atoms with Crippen LogP contribution in [0, 0.1) is 0 Å². The molecule has 0 saturated heterocycles. The number of aliphatic hydroxyl groups excluding tert-OH is 2. The molecule has 0 saturated carbocycles. The minimum Gasteiger partial charge on any atom is -0.496 e. The van der Waals surface area contributed by atoms with E-state index in [2.05, 4.69) is 0 Å². The number of methoxy groups -OCH3 is 1. The van der Waals surface area contributed by atoms with Gasteiger partial charge in [0.15, 0.2) is 0 Å². The second-order valence-electron chi connectivity index (χ2n) is 5.10. The zero-order valence-corrected chi connectivity index (χ0v) is 12.3. The molecule has 0 bridgehead atoms. The van der Waals surface area contributed by atoms with Gasteiger partial charge < -0.3 is 14.9 Å². The van der Waals surface area contributed by atoms with Crippen LogP contribution in [0.15, 0.2) is 18.2 Å². The van der Waals surface area contributed by atoms with Crippen LogP contribution in [0.4, 0.5) is 13.2 Å². The Morgan fingerprint density at radius 3 is 2.29 bits per heavy atom. The van der Waals surface area contributed by atoms with E-state index in [1.807, 2.05) is 6.92 Å². The van der Waals surface area contributed by atoms with E-state index in [9.17, 15) is 23.4 Å². The molecule has 0 radical (unpaired) electrons. The molecule has 0 aliphatic heterocycles. The molecular weight excluding hydrogens is 285 g/mol. The van der Waals surface area contributed by atoms with Gasteiger partial charge >= 0.3 is 6.18 Å². The summed E-state index contributed by atoms with van der Waals surface area (Å²) in [5.41, 5.74) is -0.165. The number of rotatable bonds is 6. The number of ether oxygens (including phenoxy) is 1. The monoisotopic (exact) mass is 306 g/mol. The molecule has 3 unspecified atom stereocenters. The number of alkyl halides is 3. The summed E-state index contributed by atoms with van der Waals surface area (Å²) in [6.07, 6.45) is -5.37. The molecular formula is C15H21F3O3. The van der Waals surface area contributed by atoms with Crippen molar-refractivity contribution in [1.29, 1.82) is 0 Å². The fourth-order valence-electron chi connectivity index (χ4n) is 2.23. The lowest BCUT2D eigenvalue weighted by Crippen LogP contribution is -2.25. The molecule has 0 heterocycles. The van der Waals surface area contributed by atoms with E-state index in [0.717, 1.165) is 12.1 Å². The van der Waals surface area contributed by atoms with E-state index < -0.39 is 23.9 Å². The number of hydrogen-bond acceptors (Lipinski definition) is 3. The van der Waals surface area contributed by atoms with Crippen molar-refractivity contribution in [2.45, 2.75) is 51.0 Å². The second kappa shape index (κ2) is 7.13. The molecule has 1 aromatic rings. The molecule has 0 aliphatic carbocycles. The van der Waals surface area contributed by atoms with Crippen molar-refractivity contribution in [3.8, 4) is 5.75 Å². The van der Waals surface area contributed by atoms with Gasteiger partial charge in [0.25, 0.3) is 0 Å². The molecule has 0 aliphatic rings. The third-order valence-corrected chi connectivity index (χ3v) is 3.58. The molecule has 1 aromatic carbocycles. The summed E-state index contributed by atoms with van der Waals surface area (Å²) >= 11 is 0. The predicted molar refractivity (Wildman–Crippen MR) is 73.3 cm³/mol. The van der Waals surface area contributed by atoms with E-state index in [-0.39, 0.29) is 18.1 Å². The van der Waals surface area contributed by atoms with Crippen LogP contribution in [0.3, 0.4) is 0 Å². The van der Waals surface area contributed by atoms with Crippen LogP contribution < -0.4 is 4.74 Å². The summed E-state index contributed by atoms with van der Waals surface area (Å²) in [6, 6.07) is 3.35. The fourth-order valence-corrected chi connectivity index (χ4v) is 2.23. The van der Waals surface area contributed by atoms with Crippen molar-refractivity contribution in [2.75, 3.05) is 7.11 Å². The maximum absolute atomic E-state index is 12.7. The first-order valence-corrected chi connectivity index (χ1v) is 6.81. The SMILES string of the molecule is CCC(CC(O)C(C)O)c1ccc(C(F)(F)F)cc1OC. The fraction of sp³-hybridized carbons (Fsp3) is 0.600. The Morgan fingerprint density at radius 1 is 1.24 bits per heavy atom. The molecule has 0 spiro atoms. The molecule has 0 amide bonds. The first-order valence-electron chi connectivity index (χ1n) is 6.81. The van der Waals surface area contributed by atoms with Crippen LogP contribution in [-0.4, -0.2) is 29.5 Å². The van der Waals surface area contributed by atoms with E-state index in [1.165, 1.54) is 20.1 Å². The van der Waals surface area contributed by atoms with Gasteiger partial charge in [-0.2, -0.15) is 13.2 Å². The highest BCUT2D eigenvalue weighted by molar-refractivity contribution is 5.41. The third-order valence-electron chi connectivity index (χ3n) is 3.58. The zero-order chi connectivity index (χ0) is 16.2. The lowest BCUT2D eigenvalue weighted by Gasteiger charge is -2.23. The summed E-state index contributed by atoms with van der Waals surface area (Å²) in [7, 11) is 1.32. The molecule has 0 aromatic heterocycles.